The third kappa shape index (κ3) is 1.75. The number of benzene rings is 2. The molecule has 0 nitrogen and oxygen atoms in total. The normalized spacial score (nSPS) is 13.4. The van der Waals surface area contributed by atoms with Gasteiger partial charge < -0.3 is 0 Å². The van der Waals surface area contributed by atoms with Gasteiger partial charge in [-0.05, 0) is 28.7 Å². The topological polar surface area (TPSA) is 0 Å². The highest BCUT2D eigenvalue weighted by Gasteiger charge is 2.22. The molecule has 0 heterocycles. The summed E-state index contributed by atoms with van der Waals surface area (Å²) in [5, 5.41) is 1.57. The molecular weight excluding hydrogens is 220 g/mol. The van der Waals surface area contributed by atoms with Gasteiger partial charge >= 0.3 is 0 Å². The second kappa shape index (κ2) is 3.57. The molecule has 3 rings (SSSR count). The highest BCUT2D eigenvalue weighted by molar-refractivity contribution is 6.88. The molecule has 0 spiro atoms. The van der Waals surface area contributed by atoms with E-state index in [2.05, 4.69) is 62.1 Å². The molecule has 17 heavy (non-hydrogen) atoms. The van der Waals surface area contributed by atoms with E-state index in [-0.39, 0.29) is 0 Å². The first kappa shape index (κ1) is 10.8. The van der Waals surface area contributed by atoms with E-state index in [0.717, 1.165) is 6.42 Å². The fourth-order valence-electron chi connectivity index (χ4n) is 2.61. The van der Waals surface area contributed by atoms with Gasteiger partial charge in [-0.25, -0.2) is 0 Å². The summed E-state index contributed by atoms with van der Waals surface area (Å²) in [7, 11) is -1.18. The maximum atomic E-state index is 2.45. The van der Waals surface area contributed by atoms with Crippen molar-refractivity contribution < 1.29 is 0 Å². The Morgan fingerprint density at radius 3 is 2.29 bits per heavy atom. The van der Waals surface area contributed by atoms with E-state index in [4.69, 9.17) is 0 Å². The SMILES string of the molecule is C[Si](C)(C)c1ccc2c(c1)Cc1ccccc1-2. The monoisotopic (exact) mass is 238 g/mol. The lowest BCUT2D eigenvalue weighted by molar-refractivity contribution is 1.27. The van der Waals surface area contributed by atoms with Crippen LogP contribution in [0.15, 0.2) is 42.5 Å². The lowest BCUT2D eigenvalue weighted by atomic mass is 10.1. The first-order chi connectivity index (χ1) is 8.05. The molecule has 0 amide bonds. The van der Waals surface area contributed by atoms with Crippen molar-refractivity contribution >= 4 is 13.3 Å². The van der Waals surface area contributed by atoms with Crippen LogP contribution in [0.1, 0.15) is 11.1 Å². The first-order valence-electron chi connectivity index (χ1n) is 6.27. The molecule has 0 saturated heterocycles. The van der Waals surface area contributed by atoms with Crippen LogP contribution in [-0.2, 0) is 6.42 Å². The van der Waals surface area contributed by atoms with Crippen molar-refractivity contribution in [1.82, 2.24) is 0 Å². The molecule has 0 unspecified atom stereocenters. The average Bonchev–Trinajstić information content (AvgIpc) is 2.65. The fourth-order valence-corrected chi connectivity index (χ4v) is 3.80. The number of fused-ring (bicyclic) bond motifs is 3. The van der Waals surface area contributed by atoms with Crippen LogP contribution in [0, 0.1) is 0 Å². The summed E-state index contributed by atoms with van der Waals surface area (Å²) >= 11 is 0. The Kier molecular flexibility index (Phi) is 2.27. The largest absolute Gasteiger partial charge is 0.0776 e. The van der Waals surface area contributed by atoms with Gasteiger partial charge in [0.2, 0.25) is 0 Å². The summed E-state index contributed by atoms with van der Waals surface area (Å²) in [5.74, 6) is 0. The fraction of sp³-hybridized carbons (Fsp3) is 0.250. The van der Waals surface area contributed by atoms with Crippen molar-refractivity contribution in [2.24, 2.45) is 0 Å². The maximum Gasteiger partial charge on any atom is 0.0776 e. The quantitative estimate of drug-likeness (QED) is 0.566. The van der Waals surface area contributed by atoms with Gasteiger partial charge in [-0.1, -0.05) is 67.3 Å². The molecule has 1 heteroatoms. The van der Waals surface area contributed by atoms with Crippen molar-refractivity contribution in [3.05, 3.63) is 53.6 Å². The maximum absolute atomic E-state index is 2.45. The predicted octanol–water partition coefficient (Wildman–Crippen LogP) is 3.80. The Labute approximate surface area is 104 Å². The van der Waals surface area contributed by atoms with E-state index in [1.165, 1.54) is 22.3 Å². The van der Waals surface area contributed by atoms with Gasteiger partial charge in [-0.15, -0.1) is 0 Å². The van der Waals surface area contributed by atoms with E-state index in [9.17, 15) is 0 Å². The van der Waals surface area contributed by atoms with Crippen LogP contribution < -0.4 is 5.19 Å². The minimum absolute atomic E-state index is 1.11. The minimum atomic E-state index is -1.18. The first-order valence-corrected chi connectivity index (χ1v) is 9.77. The molecule has 0 radical (unpaired) electrons. The van der Waals surface area contributed by atoms with Crippen LogP contribution in [0.5, 0.6) is 0 Å². The Balaban J connectivity index is 2.13. The highest BCUT2D eigenvalue weighted by atomic mass is 28.3. The third-order valence-corrected chi connectivity index (χ3v) is 5.70. The second-order valence-corrected chi connectivity index (χ2v) is 11.0. The Hall–Kier alpha value is -1.34. The summed E-state index contributed by atoms with van der Waals surface area (Å²) in [6.45, 7) is 7.24. The van der Waals surface area contributed by atoms with Gasteiger partial charge in [0.15, 0.2) is 0 Å². The van der Waals surface area contributed by atoms with Crippen molar-refractivity contribution in [1.29, 1.82) is 0 Å². The molecule has 0 aromatic heterocycles. The molecule has 1 aliphatic rings. The van der Waals surface area contributed by atoms with Crippen LogP contribution in [0.25, 0.3) is 11.1 Å². The van der Waals surface area contributed by atoms with Gasteiger partial charge in [0, 0.05) is 0 Å². The molecule has 2 aromatic carbocycles. The Morgan fingerprint density at radius 1 is 0.824 bits per heavy atom. The molecule has 0 saturated carbocycles. The number of hydrogen-bond acceptors (Lipinski definition) is 0. The smallest absolute Gasteiger partial charge is 0.0656 e. The zero-order valence-corrected chi connectivity index (χ0v) is 11.7. The van der Waals surface area contributed by atoms with Gasteiger partial charge in [0.1, 0.15) is 0 Å². The summed E-state index contributed by atoms with van der Waals surface area (Å²) in [5.41, 5.74) is 5.88. The van der Waals surface area contributed by atoms with Crippen LogP contribution in [0.2, 0.25) is 19.6 Å². The van der Waals surface area contributed by atoms with Crippen molar-refractivity contribution in [3.8, 4) is 11.1 Å². The van der Waals surface area contributed by atoms with Crippen molar-refractivity contribution in [3.63, 3.8) is 0 Å². The minimum Gasteiger partial charge on any atom is -0.0656 e. The molecule has 2 aromatic rings. The van der Waals surface area contributed by atoms with Crippen LogP contribution in [0.3, 0.4) is 0 Å². The molecule has 0 bridgehead atoms. The van der Waals surface area contributed by atoms with Crippen molar-refractivity contribution in [2.75, 3.05) is 0 Å². The number of hydrogen-bond donors (Lipinski definition) is 0. The average molecular weight is 238 g/mol. The van der Waals surface area contributed by atoms with Gasteiger partial charge in [0.25, 0.3) is 0 Å². The summed E-state index contributed by atoms with van der Waals surface area (Å²) in [4.78, 5) is 0. The van der Waals surface area contributed by atoms with Crippen LogP contribution >= 0.6 is 0 Å². The molecule has 0 fully saturated rings. The number of rotatable bonds is 1. The van der Waals surface area contributed by atoms with Gasteiger partial charge in [-0.2, -0.15) is 0 Å². The molecule has 0 aliphatic heterocycles. The Bertz CT molecular complexity index is 576. The Morgan fingerprint density at radius 2 is 1.53 bits per heavy atom. The van der Waals surface area contributed by atoms with Crippen LogP contribution in [0.4, 0.5) is 0 Å². The molecule has 1 aliphatic carbocycles. The third-order valence-electron chi connectivity index (χ3n) is 3.66. The molecule has 0 atom stereocenters. The lowest BCUT2D eigenvalue weighted by Gasteiger charge is -2.17. The van der Waals surface area contributed by atoms with Crippen LogP contribution in [-0.4, -0.2) is 8.07 Å². The van der Waals surface area contributed by atoms with Gasteiger partial charge in [0.05, 0.1) is 8.07 Å². The van der Waals surface area contributed by atoms with E-state index < -0.39 is 8.07 Å². The standard InChI is InChI=1S/C16H18Si/c1-17(2,3)14-8-9-16-13(11-14)10-12-6-4-5-7-15(12)16/h4-9,11H,10H2,1-3H3. The zero-order valence-electron chi connectivity index (χ0n) is 10.7. The van der Waals surface area contributed by atoms with E-state index in [1.807, 2.05) is 0 Å². The van der Waals surface area contributed by atoms with Gasteiger partial charge in [-0.3, -0.25) is 0 Å². The van der Waals surface area contributed by atoms with E-state index in [1.54, 1.807) is 5.19 Å². The molecular formula is C16H18Si. The summed E-state index contributed by atoms with van der Waals surface area (Å²) in [6, 6.07) is 15.9. The van der Waals surface area contributed by atoms with E-state index in [0.29, 0.717) is 0 Å². The van der Waals surface area contributed by atoms with E-state index >= 15 is 0 Å². The zero-order chi connectivity index (χ0) is 12.0. The highest BCUT2D eigenvalue weighted by Crippen LogP contribution is 2.35. The van der Waals surface area contributed by atoms with Crippen molar-refractivity contribution in [2.45, 2.75) is 26.1 Å². The lowest BCUT2D eigenvalue weighted by Crippen LogP contribution is -2.37. The summed E-state index contributed by atoms with van der Waals surface area (Å²) < 4.78 is 0. The molecule has 86 valence electrons. The summed E-state index contributed by atoms with van der Waals surface area (Å²) in [6.07, 6.45) is 1.11. The molecule has 0 N–H and O–H groups in total. The predicted molar refractivity (Wildman–Crippen MR) is 77.7 cm³/mol. The second-order valence-electron chi connectivity index (χ2n) is 5.96.